The highest BCUT2D eigenvalue weighted by Gasteiger charge is 2.04. The minimum absolute atomic E-state index is 0.0732. The Kier molecular flexibility index (Phi) is 21.8. The summed E-state index contributed by atoms with van der Waals surface area (Å²) in [5.41, 5.74) is 0.598. The van der Waals surface area contributed by atoms with Crippen molar-refractivity contribution in [1.82, 2.24) is 0 Å². The summed E-state index contributed by atoms with van der Waals surface area (Å²) in [6, 6.07) is 0. The molecule has 3 heteroatoms. The Morgan fingerprint density at radius 2 is 1.11 bits per heavy atom. The Hall–Kier alpha value is -0.830. The van der Waals surface area contributed by atoms with E-state index in [1.54, 1.807) is 13.0 Å². The fourth-order valence-corrected chi connectivity index (χ4v) is 3.47. The summed E-state index contributed by atoms with van der Waals surface area (Å²) in [5, 5.41) is 8.74. The molecule has 1 N–H and O–H groups in total. The number of hydrogen-bond donors (Lipinski definition) is 1. The van der Waals surface area contributed by atoms with Crippen LogP contribution in [0.1, 0.15) is 129 Å². The van der Waals surface area contributed by atoms with Crippen LogP contribution in [0.2, 0.25) is 0 Å². The first kappa shape index (κ1) is 27.2. The van der Waals surface area contributed by atoms with E-state index < -0.39 is 0 Å². The van der Waals surface area contributed by atoms with Gasteiger partial charge in [0.1, 0.15) is 0 Å². The number of ether oxygens (including phenoxy) is 1. The smallest absolute Gasteiger partial charge is 0.333 e. The van der Waals surface area contributed by atoms with Crippen molar-refractivity contribution in [3.8, 4) is 0 Å². The molecule has 0 aliphatic heterocycles. The Labute approximate surface area is 175 Å². The summed E-state index contributed by atoms with van der Waals surface area (Å²) in [6.45, 7) is 4.61. The number of carbonyl (C=O) groups is 1. The van der Waals surface area contributed by atoms with Crippen molar-refractivity contribution in [2.45, 2.75) is 129 Å². The second-order valence-electron chi connectivity index (χ2n) is 8.19. The second-order valence-corrected chi connectivity index (χ2v) is 8.19. The molecule has 0 rings (SSSR count). The molecule has 28 heavy (non-hydrogen) atoms. The molecule has 0 aromatic heterocycles. The van der Waals surface area contributed by atoms with Gasteiger partial charge >= 0.3 is 5.97 Å². The van der Waals surface area contributed by atoms with Crippen LogP contribution in [0.4, 0.5) is 0 Å². The molecular formula is C25H48O3. The van der Waals surface area contributed by atoms with E-state index in [1.165, 1.54) is 96.3 Å². The van der Waals surface area contributed by atoms with Crippen LogP contribution in [0.3, 0.4) is 0 Å². The third kappa shape index (κ3) is 19.9. The first-order chi connectivity index (χ1) is 13.7. The van der Waals surface area contributed by atoms with E-state index in [9.17, 15) is 4.79 Å². The van der Waals surface area contributed by atoms with Gasteiger partial charge in [-0.1, -0.05) is 116 Å². The lowest BCUT2D eigenvalue weighted by molar-refractivity contribution is -0.139. The summed E-state index contributed by atoms with van der Waals surface area (Å²) in [7, 11) is 0. The molecule has 0 aromatic rings. The minimum Gasteiger partial charge on any atom is -0.462 e. The Bertz CT molecular complexity index is 363. The van der Waals surface area contributed by atoms with Gasteiger partial charge < -0.3 is 9.84 Å². The molecule has 0 saturated carbocycles. The zero-order valence-corrected chi connectivity index (χ0v) is 19.0. The molecule has 0 aromatic carbocycles. The van der Waals surface area contributed by atoms with Crippen molar-refractivity contribution >= 4 is 5.97 Å². The topological polar surface area (TPSA) is 46.5 Å². The minimum atomic E-state index is -0.245. The number of carbonyl (C=O) groups excluding carboxylic acids is 1. The van der Waals surface area contributed by atoms with E-state index in [2.05, 4.69) is 6.92 Å². The number of esters is 1. The number of hydrogen-bond acceptors (Lipinski definition) is 3. The highest BCUT2D eigenvalue weighted by atomic mass is 16.5. The lowest BCUT2D eigenvalue weighted by Crippen LogP contribution is -2.07. The number of rotatable bonds is 21. The van der Waals surface area contributed by atoms with E-state index >= 15 is 0 Å². The predicted molar refractivity (Wildman–Crippen MR) is 121 cm³/mol. The maximum Gasteiger partial charge on any atom is 0.333 e. The highest BCUT2D eigenvalue weighted by Crippen LogP contribution is 2.14. The molecule has 0 bridgehead atoms. The third-order valence-electron chi connectivity index (χ3n) is 5.38. The Morgan fingerprint density at radius 3 is 1.50 bits per heavy atom. The molecule has 0 amide bonds. The molecule has 3 nitrogen and oxygen atoms in total. The lowest BCUT2D eigenvalue weighted by atomic mass is 10.0. The highest BCUT2D eigenvalue weighted by molar-refractivity contribution is 5.87. The lowest BCUT2D eigenvalue weighted by Gasteiger charge is -2.05. The van der Waals surface area contributed by atoms with Crippen molar-refractivity contribution < 1.29 is 14.6 Å². The molecule has 0 aliphatic carbocycles. The van der Waals surface area contributed by atoms with Gasteiger partial charge in [-0.25, -0.2) is 4.79 Å². The van der Waals surface area contributed by atoms with Gasteiger partial charge in [-0.2, -0.15) is 0 Å². The Morgan fingerprint density at radius 1 is 0.714 bits per heavy atom. The molecule has 0 radical (unpaired) electrons. The van der Waals surface area contributed by atoms with E-state index in [0.717, 1.165) is 12.8 Å². The van der Waals surface area contributed by atoms with Crippen LogP contribution in [-0.4, -0.2) is 24.3 Å². The van der Waals surface area contributed by atoms with E-state index in [-0.39, 0.29) is 12.6 Å². The predicted octanol–water partition coefficient (Wildman–Crippen LogP) is 7.51. The first-order valence-corrected chi connectivity index (χ1v) is 12.2. The van der Waals surface area contributed by atoms with Gasteiger partial charge in [-0.05, 0) is 19.8 Å². The van der Waals surface area contributed by atoms with Crippen LogP contribution in [-0.2, 0) is 9.53 Å². The summed E-state index contributed by atoms with van der Waals surface area (Å²) < 4.78 is 5.24. The molecule has 166 valence electrons. The van der Waals surface area contributed by atoms with Crippen molar-refractivity contribution in [3.05, 3.63) is 11.6 Å². The molecular weight excluding hydrogens is 348 g/mol. The average molecular weight is 397 g/mol. The summed E-state index contributed by atoms with van der Waals surface area (Å²) in [5.74, 6) is -0.245. The van der Waals surface area contributed by atoms with E-state index in [1.807, 2.05) is 0 Å². The molecule has 0 fully saturated rings. The fraction of sp³-hybridized carbons (Fsp3) is 0.880. The SMILES string of the molecule is CCCCCCCCCCCCCCCCCCCOC(=O)C(C)=CCCO. The molecule has 0 aliphatic rings. The van der Waals surface area contributed by atoms with Crippen LogP contribution in [0, 0.1) is 0 Å². The third-order valence-corrected chi connectivity index (χ3v) is 5.38. The van der Waals surface area contributed by atoms with Crippen LogP contribution in [0.25, 0.3) is 0 Å². The van der Waals surface area contributed by atoms with Gasteiger partial charge in [0.05, 0.1) is 6.61 Å². The Balaban J connectivity index is 3.19. The second kappa shape index (κ2) is 22.5. The van der Waals surface area contributed by atoms with Gasteiger partial charge in [-0.15, -0.1) is 0 Å². The largest absolute Gasteiger partial charge is 0.462 e. The first-order valence-electron chi connectivity index (χ1n) is 12.2. The van der Waals surface area contributed by atoms with Crippen molar-refractivity contribution in [2.75, 3.05) is 13.2 Å². The monoisotopic (exact) mass is 396 g/mol. The summed E-state index contributed by atoms with van der Waals surface area (Å²) in [4.78, 5) is 11.6. The van der Waals surface area contributed by atoms with Crippen LogP contribution >= 0.6 is 0 Å². The number of aliphatic hydroxyl groups is 1. The zero-order chi connectivity index (χ0) is 20.7. The molecule has 0 saturated heterocycles. The van der Waals surface area contributed by atoms with Gasteiger partial charge in [0.2, 0.25) is 0 Å². The van der Waals surface area contributed by atoms with E-state index in [0.29, 0.717) is 18.6 Å². The zero-order valence-electron chi connectivity index (χ0n) is 19.0. The standard InChI is InChI=1S/C25H48O3/c1-3-4-5-6-7-8-9-10-11-12-13-14-15-16-17-18-19-23-28-25(27)24(2)21-20-22-26/h21,26H,3-20,22-23H2,1-2H3. The van der Waals surface area contributed by atoms with Crippen LogP contribution in [0.15, 0.2) is 11.6 Å². The van der Waals surface area contributed by atoms with Crippen LogP contribution < -0.4 is 0 Å². The van der Waals surface area contributed by atoms with Gasteiger partial charge in [0.25, 0.3) is 0 Å². The maximum absolute atomic E-state index is 11.6. The van der Waals surface area contributed by atoms with E-state index in [4.69, 9.17) is 9.84 Å². The number of aliphatic hydroxyl groups excluding tert-OH is 1. The quantitative estimate of drug-likeness (QED) is 0.124. The van der Waals surface area contributed by atoms with Crippen molar-refractivity contribution in [1.29, 1.82) is 0 Å². The fourth-order valence-electron chi connectivity index (χ4n) is 3.47. The molecule has 0 heterocycles. The van der Waals surface area contributed by atoms with Crippen molar-refractivity contribution in [2.24, 2.45) is 0 Å². The molecule has 0 unspecified atom stereocenters. The maximum atomic E-state index is 11.6. The molecule has 0 atom stereocenters. The molecule has 0 spiro atoms. The van der Waals surface area contributed by atoms with Gasteiger partial charge in [0, 0.05) is 12.2 Å². The van der Waals surface area contributed by atoms with Crippen LogP contribution in [0.5, 0.6) is 0 Å². The summed E-state index contributed by atoms with van der Waals surface area (Å²) in [6.07, 6.45) is 25.2. The van der Waals surface area contributed by atoms with Gasteiger partial charge in [-0.3, -0.25) is 0 Å². The summed E-state index contributed by atoms with van der Waals surface area (Å²) >= 11 is 0. The normalized spacial score (nSPS) is 11.8. The van der Waals surface area contributed by atoms with Gasteiger partial charge in [0.15, 0.2) is 0 Å². The number of unbranched alkanes of at least 4 members (excludes halogenated alkanes) is 16. The average Bonchev–Trinajstić information content (AvgIpc) is 2.70. The van der Waals surface area contributed by atoms with Crippen molar-refractivity contribution in [3.63, 3.8) is 0 Å².